The Labute approximate surface area is 144 Å². The third-order valence-electron chi connectivity index (χ3n) is 5.49. The summed E-state index contributed by atoms with van der Waals surface area (Å²) < 4.78 is 0. The maximum atomic E-state index is 3.76. The van der Waals surface area contributed by atoms with Crippen molar-refractivity contribution < 1.29 is 5.12 Å². The molecule has 0 aromatic rings. The monoisotopic (exact) mass is 325 g/mol. The Morgan fingerprint density at radius 1 is 0.913 bits per heavy atom. The third kappa shape index (κ3) is 7.97. The number of nitrogens with zero attached hydrogens (tertiary/aromatic N) is 1. The average Bonchev–Trinajstić information content (AvgIpc) is 2.97. The molecule has 0 aromatic heterocycles. The molecule has 1 aliphatic heterocycles. The zero-order chi connectivity index (χ0) is 16.2. The SMILES string of the molecule is CCCCCCCCN[NH+]1CCCCN(C2CCCCCC2)N1. The van der Waals surface area contributed by atoms with Crippen LogP contribution >= 0.6 is 0 Å². The van der Waals surface area contributed by atoms with Crippen molar-refractivity contribution in [2.45, 2.75) is 103 Å². The first-order valence-corrected chi connectivity index (χ1v) is 10.5. The minimum atomic E-state index is 0.765. The zero-order valence-corrected chi connectivity index (χ0v) is 15.5. The second kappa shape index (κ2) is 12.2. The van der Waals surface area contributed by atoms with Crippen LogP contribution in [0.2, 0.25) is 0 Å². The Morgan fingerprint density at radius 3 is 2.43 bits per heavy atom. The van der Waals surface area contributed by atoms with Gasteiger partial charge in [-0.05, 0) is 25.7 Å². The summed E-state index contributed by atoms with van der Waals surface area (Å²) in [6, 6.07) is 0.765. The Bertz CT molecular complexity index is 277. The van der Waals surface area contributed by atoms with E-state index in [1.165, 1.54) is 108 Å². The van der Waals surface area contributed by atoms with Crippen LogP contribution in [0, 0.1) is 0 Å². The summed E-state index contributed by atoms with van der Waals surface area (Å²) in [4.78, 5) is 0. The second-order valence-electron chi connectivity index (χ2n) is 7.58. The van der Waals surface area contributed by atoms with Gasteiger partial charge in [-0.15, -0.1) is 5.43 Å². The van der Waals surface area contributed by atoms with Crippen LogP contribution in [-0.4, -0.2) is 30.7 Å². The van der Waals surface area contributed by atoms with Crippen molar-refractivity contribution >= 4 is 0 Å². The second-order valence-corrected chi connectivity index (χ2v) is 7.58. The lowest BCUT2D eigenvalue weighted by molar-refractivity contribution is -1.00. The van der Waals surface area contributed by atoms with Gasteiger partial charge in [0.1, 0.15) is 6.54 Å². The van der Waals surface area contributed by atoms with E-state index < -0.39 is 0 Å². The Balaban J connectivity index is 1.63. The fourth-order valence-electron chi connectivity index (χ4n) is 3.98. The number of nitrogens with one attached hydrogen (secondary N) is 3. The van der Waals surface area contributed by atoms with E-state index in [0.717, 1.165) is 12.6 Å². The maximum absolute atomic E-state index is 3.76. The van der Waals surface area contributed by atoms with E-state index >= 15 is 0 Å². The van der Waals surface area contributed by atoms with Gasteiger partial charge >= 0.3 is 0 Å². The topological polar surface area (TPSA) is 31.7 Å². The van der Waals surface area contributed by atoms with E-state index in [0.29, 0.717) is 0 Å². The Kier molecular flexibility index (Phi) is 10.2. The fraction of sp³-hybridized carbons (Fsp3) is 1.00. The number of rotatable bonds is 9. The first-order valence-electron chi connectivity index (χ1n) is 10.5. The van der Waals surface area contributed by atoms with E-state index in [2.05, 4.69) is 22.9 Å². The molecule has 1 saturated carbocycles. The lowest BCUT2D eigenvalue weighted by Gasteiger charge is -2.31. The molecule has 1 saturated heterocycles. The highest BCUT2D eigenvalue weighted by Crippen LogP contribution is 2.21. The highest BCUT2D eigenvalue weighted by atomic mass is 15.9. The Hall–Kier alpha value is -0.160. The van der Waals surface area contributed by atoms with Crippen molar-refractivity contribution in [3.8, 4) is 0 Å². The maximum Gasteiger partial charge on any atom is 0.114 e. The molecule has 4 nitrogen and oxygen atoms in total. The van der Waals surface area contributed by atoms with Crippen LogP contribution in [0.15, 0.2) is 0 Å². The molecule has 136 valence electrons. The summed E-state index contributed by atoms with van der Waals surface area (Å²) in [5, 5.41) is 3.96. The molecule has 0 amide bonds. The molecule has 0 aromatic carbocycles. The number of unbranched alkanes of at least 4 members (excludes halogenated alkanes) is 5. The highest BCUT2D eigenvalue weighted by Gasteiger charge is 2.25. The first-order chi connectivity index (χ1) is 11.4. The van der Waals surface area contributed by atoms with Crippen LogP contribution < -0.4 is 16.1 Å². The van der Waals surface area contributed by atoms with E-state index in [4.69, 9.17) is 0 Å². The van der Waals surface area contributed by atoms with Crippen LogP contribution in [-0.2, 0) is 0 Å². The van der Waals surface area contributed by atoms with E-state index in [9.17, 15) is 0 Å². The molecule has 23 heavy (non-hydrogen) atoms. The van der Waals surface area contributed by atoms with Gasteiger partial charge in [0.05, 0.1) is 0 Å². The predicted octanol–water partition coefficient (Wildman–Crippen LogP) is 2.97. The number of hydrazine groups is 1. The van der Waals surface area contributed by atoms with Crippen molar-refractivity contribution in [1.29, 1.82) is 0 Å². The van der Waals surface area contributed by atoms with Crippen LogP contribution in [0.3, 0.4) is 0 Å². The van der Waals surface area contributed by atoms with Crippen LogP contribution in [0.1, 0.15) is 96.8 Å². The third-order valence-corrected chi connectivity index (χ3v) is 5.49. The van der Waals surface area contributed by atoms with Gasteiger partial charge in [-0.1, -0.05) is 70.2 Å². The van der Waals surface area contributed by atoms with Gasteiger partial charge in [0, 0.05) is 25.6 Å². The Morgan fingerprint density at radius 2 is 1.65 bits per heavy atom. The summed E-state index contributed by atoms with van der Waals surface area (Å²) in [5.41, 5.74) is 7.46. The summed E-state index contributed by atoms with van der Waals surface area (Å²) in [6.07, 6.45) is 19.4. The van der Waals surface area contributed by atoms with Crippen molar-refractivity contribution in [3.63, 3.8) is 0 Å². The van der Waals surface area contributed by atoms with Crippen molar-refractivity contribution in [2.75, 3.05) is 19.6 Å². The molecule has 1 unspecified atom stereocenters. The van der Waals surface area contributed by atoms with Crippen molar-refractivity contribution in [2.24, 2.45) is 0 Å². The standard InChI is InChI=1S/C19H40N4/c1-2-3-4-5-8-11-16-20-23-18-13-12-17-22(21-23)19-14-9-6-7-10-15-19/h19-21H,2-18H2,1H3/p+1. The molecule has 4 heteroatoms. The molecule has 1 heterocycles. The van der Waals surface area contributed by atoms with Gasteiger partial charge in [-0.2, -0.15) is 10.1 Å². The van der Waals surface area contributed by atoms with Crippen molar-refractivity contribution in [1.82, 2.24) is 16.0 Å². The van der Waals surface area contributed by atoms with E-state index in [1.807, 2.05) is 0 Å². The predicted molar refractivity (Wildman–Crippen MR) is 97.8 cm³/mol. The minimum absolute atomic E-state index is 0.765. The van der Waals surface area contributed by atoms with Gasteiger partial charge in [0.2, 0.25) is 0 Å². The van der Waals surface area contributed by atoms with E-state index in [1.54, 1.807) is 0 Å². The lowest BCUT2D eigenvalue weighted by atomic mass is 10.1. The molecule has 0 radical (unpaired) electrons. The van der Waals surface area contributed by atoms with Gasteiger partial charge in [0.15, 0.2) is 0 Å². The molecular formula is C19H41N4+. The smallest absolute Gasteiger partial charge is 0.114 e. The number of quaternary nitrogens is 1. The average molecular weight is 326 g/mol. The summed E-state index contributed by atoms with van der Waals surface area (Å²) in [7, 11) is 0. The van der Waals surface area contributed by atoms with Crippen molar-refractivity contribution in [3.05, 3.63) is 0 Å². The number of hydrogen-bond acceptors (Lipinski definition) is 3. The molecule has 1 atom stereocenters. The highest BCUT2D eigenvalue weighted by molar-refractivity contribution is 4.71. The molecule has 0 bridgehead atoms. The normalized spacial score (nSPS) is 25.2. The van der Waals surface area contributed by atoms with Gasteiger partial charge in [-0.25, -0.2) is 0 Å². The molecular weight excluding hydrogens is 284 g/mol. The van der Waals surface area contributed by atoms with Gasteiger partial charge in [0.25, 0.3) is 0 Å². The molecule has 2 rings (SSSR count). The summed E-state index contributed by atoms with van der Waals surface area (Å²) in [5.74, 6) is 0. The van der Waals surface area contributed by atoms with Crippen LogP contribution in [0.4, 0.5) is 0 Å². The quantitative estimate of drug-likeness (QED) is 0.450. The van der Waals surface area contributed by atoms with Crippen LogP contribution in [0.5, 0.6) is 0 Å². The molecule has 1 aliphatic carbocycles. The first kappa shape index (κ1) is 19.2. The summed E-state index contributed by atoms with van der Waals surface area (Å²) >= 11 is 0. The lowest BCUT2D eigenvalue weighted by Crippen LogP contribution is -3.25. The number of hydrogen-bond donors (Lipinski definition) is 3. The zero-order valence-electron chi connectivity index (χ0n) is 15.5. The molecule has 2 aliphatic rings. The van der Waals surface area contributed by atoms with Crippen LogP contribution in [0.25, 0.3) is 0 Å². The molecule has 2 fully saturated rings. The van der Waals surface area contributed by atoms with Gasteiger partial charge in [-0.3, -0.25) is 0 Å². The fourth-order valence-corrected chi connectivity index (χ4v) is 3.98. The largest absolute Gasteiger partial charge is 0.195 e. The van der Waals surface area contributed by atoms with Gasteiger partial charge < -0.3 is 0 Å². The molecule has 3 N–H and O–H groups in total. The van der Waals surface area contributed by atoms with E-state index in [-0.39, 0.29) is 0 Å². The minimum Gasteiger partial charge on any atom is -0.195 e. The molecule has 0 spiro atoms. The summed E-state index contributed by atoms with van der Waals surface area (Å²) in [6.45, 7) is 5.87.